The molecule has 0 radical (unpaired) electrons. The zero-order valence-corrected chi connectivity index (χ0v) is 14.7. The maximum Gasteiger partial charge on any atom is 0.258 e. The van der Waals surface area contributed by atoms with Crippen LogP contribution in [-0.4, -0.2) is 35.1 Å². The van der Waals surface area contributed by atoms with Crippen LogP contribution in [0.1, 0.15) is 5.56 Å². The third kappa shape index (κ3) is 4.23. The molecule has 0 aliphatic carbocycles. The highest BCUT2D eigenvalue weighted by Crippen LogP contribution is 2.32. The van der Waals surface area contributed by atoms with Crippen molar-refractivity contribution in [3.8, 4) is 22.8 Å². The highest BCUT2D eigenvalue weighted by molar-refractivity contribution is 5.77. The van der Waals surface area contributed by atoms with Crippen molar-refractivity contribution >= 4 is 5.91 Å². The summed E-state index contributed by atoms with van der Waals surface area (Å²) in [5.74, 6) is 1.36. The van der Waals surface area contributed by atoms with Gasteiger partial charge >= 0.3 is 0 Å². The Balaban J connectivity index is 1.29. The first-order valence-electron chi connectivity index (χ1n) is 8.78. The average molecular weight is 361 g/mol. The van der Waals surface area contributed by atoms with E-state index in [-0.39, 0.29) is 18.6 Å². The number of nitrogens with zero attached hydrogens (tertiary/aromatic N) is 2. The van der Waals surface area contributed by atoms with Gasteiger partial charge in [-0.25, -0.2) is 0 Å². The van der Waals surface area contributed by atoms with Gasteiger partial charge in [0.2, 0.25) is 0 Å². The quantitative estimate of drug-likeness (QED) is 0.731. The minimum atomic E-state index is -0.168. The number of fused-ring (bicyclic) bond motifs is 1. The Morgan fingerprint density at radius 1 is 1.19 bits per heavy atom. The van der Waals surface area contributed by atoms with E-state index in [0.717, 1.165) is 29.0 Å². The summed E-state index contributed by atoms with van der Waals surface area (Å²) in [4.78, 5) is 20.4. The van der Waals surface area contributed by atoms with Gasteiger partial charge in [0.1, 0.15) is 17.6 Å². The molecule has 2 heterocycles. The minimum absolute atomic E-state index is 0.0134. The third-order valence-electron chi connectivity index (χ3n) is 4.30. The molecule has 0 saturated carbocycles. The van der Waals surface area contributed by atoms with Crippen LogP contribution < -0.4 is 14.8 Å². The van der Waals surface area contributed by atoms with Crippen LogP contribution in [0.5, 0.6) is 11.5 Å². The predicted octanol–water partition coefficient (Wildman–Crippen LogP) is 2.64. The summed E-state index contributed by atoms with van der Waals surface area (Å²) in [6.07, 6.45) is 5.72. The van der Waals surface area contributed by atoms with Crippen molar-refractivity contribution < 1.29 is 14.3 Å². The second-order valence-corrected chi connectivity index (χ2v) is 6.26. The Hall–Kier alpha value is -3.41. The number of nitrogens with one attached hydrogen (secondary N) is 1. The van der Waals surface area contributed by atoms with Crippen LogP contribution >= 0.6 is 0 Å². The fourth-order valence-corrected chi connectivity index (χ4v) is 2.99. The number of aromatic nitrogens is 2. The Labute approximate surface area is 157 Å². The van der Waals surface area contributed by atoms with Gasteiger partial charge in [0.15, 0.2) is 6.61 Å². The molecule has 4 rings (SSSR count). The van der Waals surface area contributed by atoms with Gasteiger partial charge in [-0.2, -0.15) is 0 Å². The first kappa shape index (κ1) is 17.0. The second-order valence-electron chi connectivity index (χ2n) is 6.26. The SMILES string of the molecule is O=C(COc1ccccc1)NC[C@H]1Cc2cc(-c3cnccn3)ccc2O1. The van der Waals surface area contributed by atoms with E-state index in [0.29, 0.717) is 12.3 Å². The van der Waals surface area contributed by atoms with Gasteiger partial charge in [-0.15, -0.1) is 0 Å². The smallest absolute Gasteiger partial charge is 0.258 e. The van der Waals surface area contributed by atoms with Gasteiger partial charge < -0.3 is 14.8 Å². The molecule has 6 nitrogen and oxygen atoms in total. The van der Waals surface area contributed by atoms with Gasteiger partial charge in [0.25, 0.3) is 5.91 Å². The van der Waals surface area contributed by atoms with E-state index < -0.39 is 0 Å². The molecule has 3 aromatic rings. The summed E-state index contributed by atoms with van der Waals surface area (Å²) in [5, 5.41) is 2.86. The molecule has 6 heteroatoms. The maximum atomic E-state index is 12.0. The minimum Gasteiger partial charge on any atom is -0.488 e. The molecule has 0 fully saturated rings. The van der Waals surface area contributed by atoms with Crippen LogP contribution in [0.2, 0.25) is 0 Å². The molecule has 1 aliphatic rings. The molecule has 0 bridgehead atoms. The van der Waals surface area contributed by atoms with Crippen molar-refractivity contribution in [2.45, 2.75) is 12.5 Å². The zero-order chi connectivity index (χ0) is 18.5. The van der Waals surface area contributed by atoms with Gasteiger partial charge in [-0.05, 0) is 35.9 Å². The van der Waals surface area contributed by atoms with Gasteiger partial charge in [-0.1, -0.05) is 18.2 Å². The lowest BCUT2D eigenvalue weighted by Crippen LogP contribution is -2.37. The molecule has 1 aromatic heterocycles. The first-order chi connectivity index (χ1) is 13.3. The lowest BCUT2D eigenvalue weighted by Gasteiger charge is -2.12. The van der Waals surface area contributed by atoms with Gasteiger partial charge in [0, 0.05) is 24.4 Å². The zero-order valence-electron chi connectivity index (χ0n) is 14.7. The van der Waals surface area contributed by atoms with Crippen molar-refractivity contribution in [3.63, 3.8) is 0 Å². The molecular weight excluding hydrogens is 342 g/mol. The summed E-state index contributed by atoms with van der Waals surface area (Å²) < 4.78 is 11.4. The molecule has 0 saturated heterocycles. The number of rotatable bonds is 6. The molecule has 2 aromatic carbocycles. The Morgan fingerprint density at radius 3 is 2.89 bits per heavy atom. The predicted molar refractivity (Wildman–Crippen MR) is 101 cm³/mol. The summed E-state index contributed by atoms with van der Waals surface area (Å²) in [6.45, 7) is 0.423. The number of carbonyl (C=O) groups excluding carboxylic acids is 1. The highest BCUT2D eigenvalue weighted by Gasteiger charge is 2.24. The van der Waals surface area contributed by atoms with Crippen molar-refractivity contribution in [3.05, 3.63) is 72.7 Å². The fourth-order valence-electron chi connectivity index (χ4n) is 2.99. The van der Waals surface area contributed by atoms with E-state index in [1.807, 2.05) is 42.5 Å². The summed E-state index contributed by atoms with van der Waals surface area (Å²) in [5.41, 5.74) is 2.94. The summed E-state index contributed by atoms with van der Waals surface area (Å²) >= 11 is 0. The largest absolute Gasteiger partial charge is 0.488 e. The van der Waals surface area contributed by atoms with Crippen LogP contribution in [0, 0.1) is 0 Å². The number of benzene rings is 2. The van der Waals surface area contributed by atoms with E-state index in [1.165, 1.54) is 0 Å². The molecule has 1 atom stereocenters. The number of para-hydroxylation sites is 1. The number of ether oxygens (including phenoxy) is 2. The average Bonchev–Trinajstić information content (AvgIpc) is 3.14. The maximum absolute atomic E-state index is 12.0. The van der Waals surface area contributed by atoms with E-state index in [1.54, 1.807) is 18.6 Å². The lowest BCUT2D eigenvalue weighted by atomic mass is 10.0. The molecule has 1 amide bonds. The van der Waals surface area contributed by atoms with Crippen molar-refractivity contribution in [1.29, 1.82) is 0 Å². The monoisotopic (exact) mass is 361 g/mol. The molecule has 136 valence electrons. The Bertz CT molecular complexity index is 916. The molecule has 1 aliphatic heterocycles. The van der Waals surface area contributed by atoms with E-state index >= 15 is 0 Å². The van der Waals surface area contributed by atoms with E-state index in [4.69, 9.17) is 9.47 Å². The first-order valence-corrected chi connectivity index (χ1v) is 8.78. The topological polar surface area (TPSA) is 73.3 Å². The standard InChI is InChI=1S/C21H19N3O3/c25-21(14-26-17-4-2-1-3-5-17)24-12-18-11-16-10-15(6-7-20(16)27-18)19-13-22-8-9-23-19/h1-10,13,18H,11-12,14H2,(H,24,25)/t18-/m1/s1. The Kier molecular flexibility index (Phi) is 4.96. The number of amides is 1. The molecule has 1 N–H and O–H groups in total. The van der Waals surface area contributed by atoms with Crippen LogP contribution in [-0.2, 0) is 11.2 Å². The van der Waals surface area contributed by atoms with Crippen LogP contribution in [0.3, 0.4) is 0 Å². The van der Waals surface area contributed by atoms with Crippen molar-refractivity contribution in [1.82, 2.24) is 15.3 Å². The molecular formula is C21H19N3O3. The third-order valence-corrected chi connectivity index (χ3v) is 4.30. The highest BCUT2D eigenvalue weighted by atomic mass is 16.5. The number of hydrogen-bond acceptors (Lipinski definition) is 5. The van der Waals surface area contributed by atoms with Crippen LogP contribution in [0.4, 0.5) is 0 Å². The van der Waals surface area contributed by atoms with E-state index in [9.17, 15) is 4.79 Å². The number of hydrogen-bond donors (Lipinski definition) is 1. The second kappa shape index (κ2) is 7.86. The lowest BCUT2D eigenvalue weighted by molar-refractivity contribution is -0.123. The molecule has 0 spiro atoms. The normalized spacial score (nSPS) is 14.9. The van der Waals surface area contributed by atoms with Crippen LogP contribution in [0.25, 0.3) is 11.3 Å². The fraction of sp³-hybridized carbons (Fsp3) is 0.190. The van der Waals surface area contributed by atoms with Gasteiger partial charge in [0.05, 0.1) is 18.4 Å². The van der Waals surface area contributed by atoms with E-state index in [2.05, 4.69) is 21.4 Å². The van der Waals surface area contributed by atoms with Gasteiger partial charge in [-0.3, -0.25) is 14.8 Å². The van der Waals surface area contributed by atoms with Crippen LogP contribution in [0.15, 0.2) is 67.1 Å². The molecule has 0 unspecified atom stereocenters. The number of carbonyl (C=O) groups is 1. The van der Waals surface area contributed by atoms with Crippen molar-refractivity contribution in [2.24, 2.45) is 0 Å². The van der Waals surface area contributed by atoms with Crippen molar-refractivity contribution in [2.75, 3.05) is 13.2 Å². The summed E-state index contributed by atoms with van der Waals surface area (Å²) in [6, 6.07) is 15.3. The summed E-state index contributed by atoms with van der Waals surface area (Å²) in [7, 11) is 0. The molecule has 27 heavy (non-hydrogen) atoms. The Morgan fingerprint density at radius 2 is 2.07 bits per heavy atom.